The molecule has 1 unspecified atom stereocenters. The zero-order valence-corrected chi connectivity index (χ0v) is 17.8. The highest BCUT2D eigenvalue weighted by Crippen LogP contribution is 2.53. The predicted octanol–water partition coefficient (Wildman–Crippen LogP) is 6.00. The smallest absolute Gasteiger partial charge is 0.0630 e. The molecule has 3 saturated carbocycles. The lowest BCUT2D eigenvalue weighted by atomic mass is 9.61. The van der Waals surface area contributed by atoms with E-state index < -0.39 is 0 Å². The van der Waals surface area contributed by atoms with Gasteiger partial charge in [0.05, 0.1) is 12.2 Å². The molecule has 3 aliphatic rings. The second-order valence-electron chi connectivity index (χ2n) is 9.45. The fourth-order valence-electron chi connectivity index (χ4n) is 5.17. The van der Waals surface area contributed by atoms with Gasteiger partial charge in [0.1, 0.15) is 0 Å². The van der Waals surface area contributed by atoms with Crippen molar-refractivity contribution in [3.05, 3.63) is 24.3 Å². The summed E-state index contributed by atoms with van der Waals surface area (Å²) in [5.74, 6) is 1.30. The van der Waals surface area contributed by atoms with Crippen LogP contribution in [0.15, 0.2) is 24.3 Å². The van der Waals surface area contributed by atoms with Crippen molar-refractivity contribution >= 4 is 11.6 Å². The van der Waals surface area contributed by atoms with Crippen LogP contribution in [0.4, 0.5) is 0 Å². The predicted molar refractivity (Wildman–Crippen MR) is 114 cm³/mol. The molecule has 154 valence electrons. The average molecular weight is 395 g/mol. The number of allylic oxidation sites excluding steroid dienone is 2. The van der Waals surface area contributed by atoms with E-state index >= 15 is 0 Å². The molecule has 3 rings (SSSR count). The second-order valence-corrected chi connectivity index (χ2v) is 10.0. The molecular weight excluding hydrogens is 356 g/mol. The SMILES string of the molecule is CCCC/C=C\C[C@@H]1[C@@H](/C=C/CC(O)C2(CC3CC3)CCC2)[C@H](O)C[C@H]1Cl. The molecule has 0 aromatic carbocycles. The van der Waals surface area contributed by atoms with Gasteiger partial charge in [-0.3, -0.25) is 0 Å². The van der Waals surface area contributed by atoms with E-state index in [9.17, 15) is 10.2 Å². The summed E-state index contributed by atoms with van der Waals surface area (Å²) in [6, 6.07) is 0. The third-order valence-corrected chi connectivity index (χ3v) is 7.84. The molecule has 3 aliphatic carbocycles. The van der Waals surface area contributed by atoms with Crippen molar-refractivity contribution in [1.29, 1.82) is 0 Å². The van der Waals surface area contributed by atoms with Crippen LogP contribution in [0.25, 0.3) is 0 Å². The van der Waals surface area contributed by atoms with Crippen molar-refractivity contribution in [2.75, 3.05) is 0 Å². The minimum absolute atomic E-state index is 0.0447. The van der Waals surface area contributed by atoms with Gasteiger partial charge in [0.15, 0.2) is 0 Å². The number of hydrogen-bond donors (Lipinski definition) is 2. The van der Waals surface area contributed by atoms with Gasteiger partial charge in [-0.15, -0.1) is 11.6 Å². The largest absolute Gasteiger partial charge is 0.392 e. The van der Waals surface area contributed by atoms with Crippen LogP contribution in [0, 0.1) is 23.2 Å². The number of alkyl halides is 1. The Balaban J connectivity index is 1.51. The molecule has 0 aromatic heterocycles. The molecule has 3 heteroatoms. The van der Waals surface area contributed by atoms with E-state index in [0.717, 1.165) is 25.2 Å². The van der Waals surface area contributed by atoms with Crippen LogP contribution >= 0.6 is 11.6 Å². The quantitative estimate of drug-likeness (QED) is 0.256. The van der Waals surface area contributed by atoms with Crippen LogP contribution in [-0.4, -0.2) is 27.8 Å². The van der Waals surface area contributed by atoms with Crippen LogP contribution in [0.3, 0.4) is 0 Å². The van der Waals surface area contributed by atoms with Crippen molar-refractivity contribution in [3.8, 4) is 0 Å². The minimum Gasteiger partial charge on any atom is -0.392 e. The highest BCUT2D eigenvalue weighted by atomic mass is 35.5. The van der Waals surface area contributed by atoms with Crippen molar-refractivity contribution in [2.45, 2.75) is 102 Å². The summed E-state index contributed by atoms with van der Waals surface area (Å²) in [4.78, 5) is 0. The standard InChI is InChI=1S/C24H39ClO2/c1-2-3-4-5-6-9-19-20(22(26)16-21(19)25)10-7-11-23(27)24(14-8-15-24)17-18-12-13-18/h5-7,10,18-23,26-27H,2-4,8-9,11-17H2,1H3/b6-5-,10-7+/t19-,20-,21-,22-,23?/m1/s1. The topological polar surface area (TPSA) is 40.5 Å². The van der Waals surface area contributed by atoms with Gasteiger partial charge in [-0.1, -0.05) is 63.3 Å². The number of halogens is 1. The molecule has 0 radical (unpaired) electrons. The van der Waals surface area contributed by atoms with Gasteiger partial charge in [0, 0.05) is 11.3 Å². The Morgan fingerprint density at radius 3 is 2.59 bits per heavy atom. The molecule has 3 fully saturated rings. The van der Waals surface area contributed by atoms with Crippen LogP contribution in [0.5, 0.6) is 0 Å². The van der Waals surface area contributed by atoms with E-state index in [-0.39, 0.29) is 28.9 Å². The van der Waals surface area contributed by atoms with E-state index in [4.69, 9.17) is 11.6 Å². The lowest BCUT2D eigenvalue weighted by Gasteiger charge is -2.46. The monoisotopic (exact) mass is 394 g/mol. The molecule has 0 aromatic rings. The Kier molecular flexibility index (Phi) is 7.88. The summed E-state index contributed by atoms with van der Waals surface area (Å²) in [6.45, 7) is 2.21. The Morgan fingerprint density at radius 1 is 1.19 bits per heavy atom. The molecular formula is C24H39ClO2. The van der Waals surface area contributed by atoms with Crippen LogP contribution in [0.1, 0.15) is 84.0 Å². The van der Waals surface area contributed by atoms with Gasteiger partial charge in [-0.2, -0.15) is 0 Å². The minimum atomic E-state index is -0.348. The molecule has 27 heavy (non-hydrogen) atoms. The summed E-state index contributed by atoms with van der Waals surface area (Å²) in [5, 5.41) is 21.3. The maximum Gasteiger partial charge on any atom is 0.0630 e. The normalized spacial score (nSPS) is 34.4. The Hall–Kier alpha value is -0.310. The van der Waals surface area contributed by atoms with Crippen molar-refractivity contribution in [1.82, 2.24) is 0 Å². The number of unbranched alkanes of at least 4 members (excludes halogenated alkanes) is 2. The molecule has 2 N–H and O–H groups in total. The highest BCUT2D eigenvalue weighted by molar-refractivity contribution is 6.21. The zero-order chi connectivity index (χ0) is 19.3. The first-order chi connectivity index (χ1) is 13.1. The molecule has 0 spiro atoms. The van der Waals surface area contributed by atoms with E-state index in [2.05, 4.69) is 31.2 Å². The molecule has 5 atom stereocenters. The fourth-order valence-corrected chi connectivity index (χ4v) is 5.63. The van der Waals surface area contributed by atoms with E-state index in [0.29, 0.717) is 12.3 Å². The second kappa shape index (κ2) is 9.94. The third kappa shape index (κ3) is 5.61. The highest BCUT2D eigenvalue weighted by Gasteiger charge is 2.46. The van der Waals surface area contributed by atoms with Gasteiger partial charge >= 0.3 is 0 Å². The molecule has 0 saturated heterocycles. The van der Waals surface area contributed by atoms with Gasteiger partial charge in [-0.05, 0) is 62.2 Å². The van der Waals surface area contributed by atoms with Gasteiger partial charge in [0.2, 0.25) is 0 Å². The number of aliphatic hydroxyl groups is 2. The lowest BCUT2D eigenvalue weighted by molar-refractivity contribution is -0.0430. The van der Waals surface area contributed by atoms with Crippen LogP contribution in [-0.2, 0) is 0 Å². The van der Waals surface area contributed by atoms with Gasteiger partial charge in [0.25, 0.3) is 0 Å². The van der Waals surface area contributed by atoms with Crippen molar-refractivity contribution in [2.24, 2.45) is 23.2 Å². The van der Waals surface area contributed by atoms with E-state index in [1.165, 1.54) is 51.4 Å². The zero-order valence-electron chi connectivity index (χ0n) is 17.0. The number of rotatable bonds is 11. The Labute approximate surface area is 171 Å². The lowest BCUT2D eigenvalue weighted by Crippen LogP contribution is -2.41. The van der Waals surface area contributed by atoms with Gasteiger partial charge < -0.3 is 10.2 Å². The number of aliphatic hydroxyl groups excluding tert-OH is 2. The molecule has 0 amide bonds. The first-order valence-corrected chi connectivity index (χ1v) is 11.8. The summed E-state index contributed by atoms with van der Waals surface area (Å²) < 4.78 is 0. The fraction of sp³-hybridized carbons (Fsp3) is 0.833. The van der Waals surface area contributed by atoms with Crippen LogP contribution in [0.2, 0.25) is 0 Å². The van der Waals surface area contributed by atoms with Crippen LogP contribution < -0.4 is 0 Å². The maximum atomic E-state index is 10.8. The summed E-state index contributed by atoms with van der Waals surface area (Å²) >= 11 is 6.54. The maximum absolute atomic E-state index is 10.8. The first kappa shape index (κ1) is 21.4. The molecule has 0 aliphatic heterocycles. The van der Waals surface area contributed by atoms with Gasteiger partial charge in [-0.25, -0.2) is 0 Å². The summed E-state index contributed by atoms with van der Waals surface area (Å²) in [5.41, 5.74) is 0.191. The Morgan fingerprint density at radius 2 is 1.96 bits per heavy atom. The summed E-state index contributed by atoms with van der Waals surface area (Å²) in [7, 11) is 0. The third-order valence-electron chi connectivity index (χ3n) is 7.34. The van der Waals surface area contributed by atoms with Crippen molar-refractivity contribution < 1.29 is 10.2 Å². The van der Waals surface area contributed by atoms with E-state index in [1.54, 1.807) is 0 Å². The first-order valence-electron chi connectivity index (χ1n) is 11.4. The number of hydrogen-bond acceptors (Lipinski definition) is 2. The summed E-state index contributed by atoms with van der Waals surface area (Å²) in [6.07, 6.45) is 21.8. The Bertz CT molecular complexity index is 507. The average Bonchev–Trinajstić information content (AvgIpc) is 3.38. The van der Waals surface area contributed by atoms with E-state index in [1.807, 2.05) is 0 Å². The van der Waals surface area contributed by atoms with Crippen molar-refractivity contribution in [3.63, 3.8) is 0 Å². The molecule has 2 nitrogen and oxygen atoms in total. The molecule has 0 bridgehead atoms. The molecule has 0 heterocycles.